The van der Waals surface area contributed by atoms with Gasteiger partial charge in [-0.2, -0.15) is 0 Å². The third kappa shape index (κ3) is 4.21. The van der Waals surface area contributed by atoms with Crippen LogP contribution in [-0.2, 0) is 11.3 Å². The number of aliphatic hydroxyl groups is 1. The number of hydrogen-bond acceptors (Lipinski definition) is 5. The third-order valence-electron chi connectivity index (χ3n) is 2.19. The summed E-state index contributed by atoms with van der Waals surface area (Å²) in [5.41, 5.74) is -1.64. The summed E-state index contributed by atoms with van der Waals surface area (Å²) in [5, 5.41) is 24.8. The summed E-state index contributed by atoms with van der Waals surface area (Å²) in [4.78, 5) is 10.7. The summed E-state index contributed by atoms with van der Waals surface area (Å²) in [7, 11) is 0. The van der Waals surface area contributed by atoms with E-state index in [1.165, 1.54) is 0 Å². The normalized spacial score (nSPS) is 13.2. The lowest BCUT2D eigenvalue weighted by molar-refractivity contribution is -0.00374. The highest BCUT2D eigenvalue weighted by Gasteiger charge is 2.27. The van der Waals surface area contributed by atoms with Gasteiger partial charge in [0, 0.05) is 0 Å². The van der Waals surface area contributed by atoms with Gasteiger partial charge in [-0.15, -0.1) is 5.10 Å². The van der Waals surface area contributed by atoms with Crippen molar-refractivity contribution in [2.45, 2.75) is 39.0 Å². The Labute approximate surface area is 107 Å². The number of hydrogen-bond donors (Lipinski definition) is 2. The Morgan fingerprint density at radius 1 is 1.47 bits per heavy atom. The minimum absolute atomic E-state index is 0.0669. The van der Waals surface area contributed by atoms with Crippen molar-refractivity contribution < 1.29 is 28.5 Å². The molecule has 0 saturated heterocycles. The van der Waals surface area contributed by atoms with E-state index in [2.05, 4.69) is 10.3 Å². The Morgan fingerprint density at radius 2 is 2.11 bits per heavy atom. The Kier molecular flexibility index (Phi) is 5.31. The van der Waals surface area contributed by atoms with Crippen molar-refractivity contribution in [1.29, 1.82) is 0 Å². The molecule has 0 bridgehead atoms. The van der Waals surface area contributed by atoms with Crippen LogP contribution in [0.25, 0.3) is 0 Å². The molecule has 0 aliphatic carbocycles. The van der Waals surface area contributed by atoms with Crippen LogP contribution < -0.4 is 0 Å². The largest absolute Gasteiger partial charge is 0.476 e. The molecule has 0 aliphatic heterocycles. The van der Waals surface area contributed by atoms with Crippen molar-refractivity contribution >= 4 is 5.97 Å². The highest BCUT2D eigenvalue weighted by molar-refractivity contribution is 5.86. The monoisotopic (exact) mass is 279 g/mol. The predicted molar refractivity (Wildman–Crippen MR) is 59.0 cm³/mol. The number of halogens is 2. The summed E-state index contributed by atoms with van der Waals surface area (Å²) < 4.78 is 31.3. The first-order valence-corrected chi connectivity index (χ1v) is 5.57. The molecule has 0 aliphatic rings. The van der Waals surface area contributed by atoms with Gasteiger partial charge in [0.05, 0.1) is 25.4 Å². The zero-order valence-electron chi connectivity index (χ0n) is 10.5. The Morgan fingerprint density at radius 3 is 2.58 bits per heavy atom. The summed E-state index contributed by atoms with van der Waals surface area (Å²) in [6.07, 6.45) is -4.24. The highest BCUT2D eigenvalue weighted by Crippen LogP contribution is 2.21. The molecule has 1 rings (SSSR count). The Bertz CT molecular complexity index is 436. The molecular weight excluding hydrogens is 264 g/mol. The Hall–Kier alpha value is -1.61. The van der Waals surface area contributed by atoms with Crippen molar-refractivity contribution in [3.63, 3.8) is 0 Å². The molecule has 0 saturated carbocycles. The van der Waals surface area contributed by atoms with Gasteiger partial charge >= 0.3 is 5.97 Å². The lowest BCUT2D eigenvalue weighted by atomic mass is 10.3. The Balaban J connectivity index is 2.80. The maximum atomic E-state index is 12.8. The van der Waals surface area contributed by atoms with Crippen LogP contribution in [0.5, 0.6) is 0 Å². The molecule has 2 N–H and O–H groups in total. The van der Waals surface area contributed by atoms with Crippen molar-refractivity contribution in [2.24, 2.45) is 0 Å². The van der Waals surface area contributed by atoms with Gasteiger partial charge in [0.1, 0.15) is 5.69 Å². The van der Waals surface area contributed by atoms with E-state index in [0.717, 1.165) is 0 Å². The van der Waals surface area contributed by atoms with Crippen molar-refractivity contribution in [3.05, 3.63) is 11.4 Å². The molecule has 7 nitrogen and oxygen atoms in total. The van der Waals surface area contributed by atoms with Gasteiger partial charge < -0.3 is 14.9 Å². The van der Waals surface area contributed by atoms with Crippen LogP contribution in [0.4, 0.5) is 8.78 Å². The predicted octanol–water partition coefficient (Wildman–Crippen LogP) is 0.700. The number of aromatic carboxylic acids is 1. The number of alkyl halides is 2. The zero-order valence-corrected chi connectivity index (χ0v) is 10.5. The molecule has 0 spiro atoms. The van der Waals surface area contributed by atoms with Crippen molar-refractivity contribution in [1.82, 2.24) is 15.0 Å². The quantitative estimate of drug-likeness (QED) is 0.762. The van der Waals surface area contributed by atoms with Crippen LogP contribution >= 0.6 is 0 Å². The van der Waals surface area contributed by atoms with Crippen LogP contribution in [0.1, 0.15) is 36.5 Å². The number of aliphatic hydroxyl groups excluding tert-OH is 1. The fourth-order valence-electron chi connectivity index (χ4n) is 1.38. The van der Waals surface area contributed by atoms with E-state index >= 15 is 0 Å². The molecule has 0 radical (unpaired) electrons. The average molecular weight is 279 g/mol. The number of aromatic nitrogens is 3. The molecule has 1 aromatic rings. The summed E-state index contributed by atoms with van der Waals surface area (Å²) in [6, 6.07) is 0. The number of nitrogens with zero attached hydrogens (tertiary/aromatic N) is 3. The second kappa shape index (κ2) is 6.53. The fourth-order valence-corrected chi connectivity index (χ4v) is 1.38. The van der Waals surface area contributed by atoms with Crippen LogP contribution in [-0.4, -0.2) is 50.0 Å². The molecule has 0 aromatic carbocycles. The highest BCUT2D eigenvalue weighted by atomic mass is 19.3. The standard InChI is InChI=1S/C10H15F2N3O4/c1-5(2)19-4-6(16)3-15-8(9(11)12)7(10(17)18)13-14-15/h5-6,9,16H,3-4H2,1-2H3,(H,17,18). The molecule has 1 aromatic heterocycles. The maximum Gasteiger partial charge on any atom is 0.358 e. The van der Waals surface area contributed by atoms with E-state index < -0.39 is 29.9 Å². The van der Waals surface area contributed by atoms with E-state index in [1.807, 2.05) is 0 Å². The van der Waals surface area contributed by atoms with Gasteiger partial charge in [0.25, 0.3) is 6.43 Å². The van der Waals surface area contributed by atoms with Gasteiger partial charge in [-0.3, -0.25) is 0 Å². The number of carboxylic acid groups (broad SMARTS) is 1. The first-order valence-electron chi connectivity index (χ1n) is 5.57. The van der Waals surface area contributed by atoms with Crippen LogP contribution in [0, 0.1) is 0 Å². The number of carboxylic acids is 1. The first kappa shape index (κ1) is 15.4. The molecule has 1 unspecified atom stereocenters. The van der Waals surface area contributed by atoms with E-state index in [9.17, 15) is 18.7 Å². The van der Waals surface area contributed by atoms with Gasteiger partial charge in [-0.1, -0.05) is 5.21 Å². The molecule has 9 heteroatoms. The third-order valence-corrected chi connectivity index (χ3v) is 2.19. The smallest absolute Gasteiger partial charge is 0.358 e. The maximum absolute atomic E-state index is 12.8. The van der Waals surface area contributed by atoms with Crippen LogP contribution in [0.3, 0.4) is 0 Å². The molecule has 19 heavy (non-hydrogen) atoms. The number of carbonyl (C=O) groups is 1. The lowest BCUT2D eigenvalue weighted by Crippen LogP contribution is -2.25. The lowest BCUT2D eigenvalue weighted by Gasteiger charge is -2.14. The van der Waals surface area contributed by atoms with Crippen LogP contribution in [0.15, 0.2) is 0 Å². The van der Waals surface area contributed by atoms with Crippen LogP contribution in [0.2, 0.25) is 0 Å². The van der Waals surface area contributed by atoms with Crippen molar-refractivity contribution in [3.8, 4) is 0 Å². The number of ether oxygens (including phenoxy) is 1. The molecule has 1 atom stereocenters. The van der Waals surface area contributed by atoms with Gasteiger partial charge in [0.2, 0.25) is 0 Å². The van der Waals surface area contributed by atoms with Gasteiger partial charge in [-0.25, -0.2) is 18.3 Å². The van der Waals surface area contributed by atoms with E-state index in [0.29, 0.717) is 4.68 Å². The molecule has 108 valence electrons. The van der Waals surface area contributed by atoms with Crippen molar-refractivity contribution in [2.75, 3.05) is 6.61 Å². The van der Waals surface area contributed by atoms with Gasteiger partial charge in [-0.05, 0) is 13.8 Å². The minimum Gasteiger partial charge on any atom is -0.476 e. The van der Waals surface area contributed by atoms with E-state index in [-0.39, 0.29) is 19.3 Å². The average Bonchev–Trinajstić information content (AvgIpc) is 2.70. The zero-order chi connectivity index (χ0) is 14.6. The minimum atomic E-state index is -3.04. The number of rotatable bonds is 7. The second-order valence-electron chi connectivity index (χ2n) is 4.15. The molecule has 0 fully saturated rings. The van der Waals surface area contributed by atoms with E-state index in [4.69, 9.17) is 9.84 Å². The molecule has 0 amide bonds. The topological polar surface area (TPSA) is 97.5 Å². The second-order valence-corrected chi connectivity index (χ2v) is 4.15. The first-order chi connectivity index (χ1) is 8.82. The summed E-state index contributed by atoms with van der Waals surface area (Å²) in [6.45, 7) is 3.14. The SMILES string of the molecule is CC(C)OCC(O)Cn1nnc(C(=O)O)c1C(F)F. The summed E-state index contributed by atoms with van der Waals surface area (Å²) in [5.74, 6) is -1.59. The molecule has 1 heterocycles. The summed E-state index contributed by atoms with van der Waals surface area (Å²) >= 11 is 0. The van der Waals surface area contributed by atoms with Gasteiger partial charge in [0.15, 0.2) is 5.69 Å². The molecular formula is C10H15F2N3O4. The fraction of sp³-hybridized carbons (Fsp3) is 0.700. The van der Waals surface area contributed by atoms with E-state index in [1.54, 1.807) is 13.8 Å².